The van der Waals surface area contributed by atoms with Gasteiger partial charge in [-0.2, -0.15) is 9.78 Å². The van der Waals surface area contributed by atoms with E-state index in [2.05, 4.69) is 10.4 Å². The van der Waals surface area contributed by atoms with Crippen LogP contribution in [0.2, 0.25) is 0 Å². The maximum Gasteiger partial charge on any atom is 0.352 e. The first-order chi connectivity index (χ1) is 14.4. The molecule has 0 fully saturated rings. The highest BCUT2D eigenvalue weighted by Crippen LogP contribution is 2.08. The summed E-state index contributed by atoms with van der Waals surface area (Å²) in [6, 6.07) is 12.5. The Morgan fingerprint density at radius 3 is 2.63 bits per heavy atom. The highest BCUT2D eigenvalue weighted by atomic mass is 19.1. The number of aromatic nitrogens is 3. The van der Waals surface area contributed by atoms with Crippen molar-refractivity contribution >= 4 is 5.91 Å². The zero-order valence-electron chi connectivity index (χ0n) is 16.6. The van der Waals surface area contributed by atoms with Crippen LogP contribution in [-0.4, -0.2) is 40.5 Å². The Labute approximate surface area is 171 Å². The Hall–Kier alpha value is -3.59. The number of hydrogen-bond donors (Lipinski definition) is 1. The fourth-order valence-electron chi connectivity index (χ4n) is 2.89. The molecule has 8 nitrogen and oxygen atoms in total. The number of aryl methyl sites for hydroxylation is 1. The van der Waals surface area contributed by atoms with Gasteiger partial charge in [-0.1, -0.05) is 24.3 Å². The van der Waals surface area contributed by atoms with Gasteiger partial charge in [0.15, 0.2) is 0 Å². The number of halogens is 1. The molecule has 0 aliphatic rings. The van der Waals surface area contributed by atoms with Crippen LogP contribution in [0.15, 0.2) is 58.1 Å². The average molecular weight is 412 g/mol. The quantitative estimate of drug-likeness (QED) is 0.590. The van der Waals surface area contributed by atoms with E-state index in [-0.39, 0.29) is 19.7 Å². The van der Waals surface area contributed by atoms with E-state index in [1.54, 1.807) is 24.3 Å². The lowest BCUT2D eigenvalue weighted by Crippen LogP contribution is -2.46. The summed E-state index contributed by atoms with van der Waals surface area (Å²) in [5.41, 5.74) is -0.356. The van der Waals surface area contributed by atoms with Gasteiger partial charge in [-0.05, 0) is 42.3 Å². The highest BCUT2D eigenvalue weighted by molar-refractivity contribution is 5.91. The predicted octanol–water partition coefficient (Wildman–Crippen LogP) is 1.27. The molecule has 3 rings (SSSR count). The van der Waals surface area contributed by atoms with Crippen molar-refractivity contribution < 1.29 is 13.9 Å². The third-order valence-electron chi connectivity index (χ3n) is 4.34. The van der Waals surface area contributed by atoms with Crippen LogP contribution in [0.1, 0.15) is 21.6 Å². The molecule has 1 amide bonds. The molecule has 1 aromatic heterocycles. The molecule has 3 aromatic rings. The zero-order chi connectivity index (χ0) is 21.7. The summed E-state index contributed by atoms with van der Waals surface area (Å²) in [5.74, 6) is -1.22. The van der Waals surface area contributed by atoms with Gasteiger partial charge in [0.1, 0.15) is 5.82 Å². The number of nitrogens with one attached hydrogen (secondary N) is 1. The van der Waals surface area contributed by atoms with Gasteiger partial charge in [0.05, 0.1) is 18.8 Å². The van der Waals surface area contributed by atoms with E-state index >= 15 is 0 Å². The average Bonchev–Trinajstić information content (AvgIpc) is 2.71. The first-order valence-corrected chi connectivity index (χ1v) is 9.23. The van der Waals surface area contributed by atoms with E-state index in [0.717, 1.165) is 14.8 Å². The lowest BCUT2D eigenvalue weighted by Gasteiger charge is -2.13. The number of hydrogen-bond acceptors (Lipinski definition) is 5. The fraction of sp³-hybridized carbons (Fsp3) is 0.238. The SMILES string of the molecule is COCCNC(=O)c1nn(-c2cccc(C)c2)c(=O)n(Cc2cccc(F)c2)c1=O. The van der Waals surface area contributed by atoms with Crippen LogP contribution in [0.25, 0.3) is 5.69 Å². The Bertz CT molecular complexity index is 1190. The van der Waals surface area contributed by atoms with Gasteiger partial charge >= 0.3 is 5.69 Å². The molecule has 0 saturated heterocycles. The van der Waals surface area contributed by atoms with Gasteiger partial charge in [0.2, 0.25) is 5.69 Å². The van der Waals surface area contributed by atoms with Crippen LogP contribution in [0.3, 0.4) is 0 Å². The van der Waals surface area contributed by atoms with Gasteiger partial charge < -0.3 is 10.1 Å². The van der Waals surface area contributed by atoms with Gasteiger partial charge in [-0.3, -0.25) is 14.2 Å². The first-order valence-electron chi connectivity index (χ1n) is 9.23. The summed E-state index contributed by atoms with van der Waals surface area (Å²) in [5, 5.41) is 6.56. The summed E-state index contributed by atoms with van der Waals surface area (Å²) in [7, 11) is 1.48. The zero-order valence-corrected chi connectivity index (χ0v) is 16.6. The molecule has 0 spiro atoms. The van der Waals surface area contributed by atoms with E-state index in [1.165, 1.54) is 25.3 Å². The second kappa shape index (κ2) is 9.27. The maximum absolute atomic E-state index is 13.6. The molecule has 2 aromatic carbocycles. The predicted molar refractivity (Wildman–Crippen MR) is 109 cm³/mol. The number of ether oxygens (including phenoxy) is 1. The smallest absolute Gasteiger partial charge is 0.352 e. The Balaban J connectivity index is 2.15. The van der Waals surface area contributed by atoms with Crippen molar-refractivity contribution in [2.24, 2.45) is 0 Å². The van der Waals surface area contributed by atoms with Crippen molar-refractivity contribution in [1.29, 1.82) is 0 Å². The monoisotopic (exact) mass is 412 g/mol. The molecule has 30 heavy (non-hydrogen) atoms. The lowest BCUT2D eigenvalue weighted by molar-refractivity contribution is 0.0927. The molecule has 0 bridgehead atoms. The number of carbonyl (C=O) groups excluding carboxylic acids is 1. The third kappa shape index (κ3) is 4.69. The topological polar surface area (TPSA) is 95.2 Å². The number of methoxy groups -OCH3 is 1. The van der Waals surface area contributed by atoms with Crippen LogP contribution in [0, 0.1) is 12.7 Å². The van der Waals surface area contributed by atoms with E-state index in [9.17, 15) is 18.8 Å². The summed E-state index contributed by atoms with van der Waals surface area (Å²) in [4.78, 5) is 38.5. The Morgan fingerprint density at radius 2 is 1.93 bits per heavy atom. The molecule has 156 valence electrons. The molecular weight excluding hydrogens is 391 g/mol. The van der Waals surface area contributed by atoms with Crippen LogP contribution >= 0.6 is 0 Å². The van der Waals surface area contributed by atoms with Crippen molar-refractivity contribution in [2.45, 2.75) is 13.5 Å². The molecule has 9 heteroatoms. The van der Waals surface area contributed by atoms with E-state index in [0.29, 0.717) is 11.3 Å². The van der Waals surface area contributed by atoms with Gasteiger partial charge in [0.25, 0.3) is 11.5 Å². The van der Waals surface area contributed by atoms with Gasteiger partial charge in [-0.15, -0.1) is 0 Å². The highest BCUT2D eigenvalue weighted by Gasteiger charge is 2.20. The van der Waals surface area contributed by atoms with Crippen molar-refractivity contribution in [3.05, 3.63) is 92.0 Å². The van der Waals surface area contributed by atoms with Crippen LogP contribution < -0.4 is 16.6 Å². The standard InChI is InChI=1S/C21H21FN4O4/c1-14-5-3-8-17(11-14)26-21(29)25(13-15-6-4-7-16(22)12-15)20(28)18(24-26)19(27)23-9-10-30-2/h3-8,11-12H,9-10,13H2,1-2H3,(H,23,27). The van der Waals surface area contributed by atoms with Crippen LogP contribution in [0.5, 0.6) is 0 Å². The van der Waals surface area contributed by atoms with Crippen LogP contribution in [-0.2, 0) is 11.3 Å². The summed E-state index contributed by atoms with van der Waals surface area (Å²) in [6.45, 7) is 2.06. The molecule has 0 aliphatic carbocycles. The number of amides is 1. The largest absolute Gasteiger partial charge is 0.383 e. The van der Waals surface area contributed by atoms with Gasteiger partial charge in [-0.25, -0.2) is 9.18 Å². The first kappa shape index (κ1) is 21.1. The fourth-order valence-corrected chi connectivity index (χ4v) is 2.89. The van der Waals surface area contributed by atoms with Crippen molar-refractivity contribution in [3.63, 3.8) is 0 Å². The Kier molecular flexibility index (Phi) is 6.53. The molecular formula is C21H21FN4O4. The third-order valence-corrected chi connectivity index (χ3v) is 4.34. The number of rotatable bonds is 7. The number of carbonyl (C=O) groups is 1. The molecule has 0 unspecified atom stereocenters. The van der Waals surface area contributed by atoms with Crippen molar-refractivity contribution in [3.8, 4) is 5.69 Å². The molecule has 0 radical (unpaired) electrons. The minimum Gasteiger partial charge on any atom is -0.383 e. The normalized spacial score (nSPS) is 10.8. The van der Waals surface area contributed by atoms with Gasteiger partial charge in [0, 0.05) is 13.7 Å². The minimum absolute atomic E-state index is 0.171. The summed E-state index contributed by atoms with van der Waals surface area (Å²) >= 11 is 0. The summed E-state index contributed by atoms with van der Waals surface area (Å²) < 4.78 is 20.3. The number of benzene rings is 2. The molecule has 1 N–H and O–H groups in total. The number of nitrogens with zero attached hydrogens (tertiary/aromatic N) is 3. The van der Waals surface area contributed by atoms with Crippen molar-refractivity contribution in [1.82, 2.24) is 19.7 Å². The lowest BCUT2D eigenvalue weighted by atomic mass is 10.2. The van der Waals surface area contributed by atoms with Crippen molar-refractivity contribution in [2.75, 3.05) is 20.3 Å². The van der Waals surface area contributed by atoms with E-state index in [1.807, 2.05) is 13.0 Å². The van der Waals surface area contributed by atoms with Crippen LogP contribution in [0.4, 0.5) is 4.39 Å². The second-order valence-electron chi connectivity index (χ2n) is 6.65. The summed E-state index contributed by atoms with van der Waals surface area (Å²) in [6.07, 6.45) is 0. The van der Waals surface area contributed by atoms with E-state index < -0.39 is 28.7 Å². The maximum atomic E-state index is 13.6. The minimum atomic E-state index is -0.858. The molecule has 0 atom stereocenters. The molecule has 0 aliphatic heterocycles. The molecule has 0 saturated carbocycles. The molecule has 1 heterocycles. The Morgan fingerprint density at radius 1 is 1.17 bits per heavy atom. The second-order valence-corrected chi connectivity index (χ2v) is 6.65. The van der Waals surface area contributed by atoms with E-state index in [4.69, 9.17) is 4.74 Å².